The van der Waals surface area contributed by atoms with Gasteiger partial charge in [-0.1, -0.05) is 6.07 Å². The van der Waals surface area contributed by atoms with Crippen LogP contribution in [0.5, 0.6) is 0 Å². The Balaban J connectivity index is 1.54. The molecule has 3 aromatic heterocycles. The molecule has 0 aromatic carbocycles. The van der Waals surface area contributed by atoms with Gasteiger partial charge in [-0.15, -0.1) is 11.3 Å². The van der Waals surface area contributed by atoms with Gasteiger partial charge in [0.15, 0.2) is 5.96 Å². The van der Waals surface area contributed by atoms with Gasteiger partial charge < -0.3 is 19.4 Å². The highest BCUT2D eigenvalue weighted by atomic mass is 32.1. The van der Waals surface area contributed by atoms with Crippen LogP contribution in [-0.2, 0) is 17.7 Å². The number of imidazole rings is 1. The van der Waals surface area contributed by atoms with Crippen molar-refractivity contribution in [2.75, 3.05) is 27.7 Å². The summed E-state index contributed by atoms with van der Waals surface area (Å²) in [5, 5.41) is 6.49. The lowest BCUT2D eigenvalue weighted by atomic mass is 10.3. The largest absolute Gasteiger partial charge is 0.375 e. The first-order valence-electron chi connectivity index (χ1n) is 9.34. The van der Waals surface area contributed by atoms with Gasteiger partial charge in [-0.05, 0) is 25.5 Å². The Kier molecular flexibility index (Phi) is 6.64. The number of methoxy groups -OCH3 is 1. The van der Waals surface area contributed by atoms with E-state index in [1.54, 1.807) is 25.5 Å². The molecule has 1 unspecified atom stereocenters. The maximum Gasteiger partial charge on any atom is 0.193 e. The van der Waals surface area contributed by atoms with E-state index < -0.39 is 0 Å². The van der Waals surface area contributed by atoms with E-state index in [1.165, 1.54) is 5.56 Å². The van der Waals surface area contributed by atoms with Gasteiger partial charge in [0.05, 0.1) is 17.9 Å². The molecule has 1 atom stereocenters. The number of fused-ring (bicyclic) bond motifs is 1. The summed E-state index contributed by atoms with van der Waals surface area (Å²) in [5.74, 6) is 0.842. The van der Waals surface area contributed by atoms with Crippen molar-refractivity contribution in [3.63, 3.8) is 0 Å². The smallest absolute Gasteiger partial charge is 0.193 e. The summed E-state index contributed by atoms with van der Waals surface area (Å²) in [7, 11) is 5.52. The average Bonchev–Trinajstić information content (AvgIpc) is 3.32. The molecule has 0 aliphatic rings. The van der Waals surface area contributed by atoms with Crippen LogP contribution in [-0.4, -0.2) is 53.0 Å². The molecule has 3 aromatic rings. The molecular weight excluding hydrogens is 372 g/mol. The maximum atomic E-state index is 5.34. The second-order valence-electron chi connectivity index (χ2n) is 6.79. The molecule has 0 radical (unpaired) electrons. The van der Waals surface area contributed by atoms with Gasteiger partial charge >= 0.3 is 0 Å². The molecule has 8 heteroatoms. The molecule has 1 N–H and O–H groups in total. The van der Waals surface area contributed by atoms with Crippen LogP contribution in [0.3, 0.4) is 0 Å². The standard InChI is InChI=1S/C20H28N6OS/c1-14-7-6-10-26-12-16(23-18(14)26)8-9-22-20(21-3)25(4)11-17-13-28-19(24-17)15(2)27-5/h6-7,10,12-13,15H,8-9,11H2,1-5H3,(H,21,22). The number of aliphatic imine (C=N–C) groups is 1. The molecule has 0 aliphatic carbocycles. The van der Waals surface area contributed by atoms with Crippen LogP contribution < -0.4 is 5.32 Å². The summed E-state index contributed by atoms with van der Waals surface area (Å²) in [6.45, 7) is 5.55. The van der Waals surface area contributed by atoms with Crippen LogP contribution in [0.2, 0.25) is 0 Å². The number of rotatable bonds is 7. The molecule has 0 saturated carbocycles. The molecule has 3 heterocycles. The van der Waals surface area contributed by atoms with Gasteiger partial charge in [-0.25, -0.2) is 9.97 Å². The zero-order valence-corrected chi connectivity index (χ0v) is 18.0. The molecule has 150 valence electrons. The molecule has 28 heavy (non-hydrogen) atoms. The summed E-state index contributed by atoms with van der Waals surface area (Å²) in [6, 6.07) is 4.12. The second-order valence-corrected chi connectivity index (χ2v) is 7.68. The zero-order chi connectivity index (χ0) is 20.1. The molecule has 0 amide bonds. The van der Waals surface area contributed by atoms with Crippen LogP contribution in [0.25, 0.3) is 5.65 Å². The Bertz CT molecular complexity index is 947. The van der Waals surface area contributed by atoms with Crippen molar-refractivity contribution < 1.29 is 4.74 Å². The lowest BCUT2D eigenvalue weighted by Crippen LogP contribution is -2.39. The Morgan fingerprint density at radius 3 is 2.93 bits per heavy atom. The van der Waals surface area contributed by atoms with Gasteiger partial charge in [0, 0.05) is 51.9 Å². The second kappa shape index (κ2) is 9.16. The SMILES string of the molecule is CN=C(NCCc1cn2cccc(C)c2n1)N(C)Cc1csc(C(C)OC)n1. The van der Waals surface area contributed by atoms with Crippen LogP contribution in [0.1, 0.15) is 35.0 Å². The Hall–Kier alpha value is -2.45. The first-order valence-corrected chi connectivity index (χ1v) is 10.2. The minimum Gasteiger partial charge on any atom is -0.375 e. The van der Waals surface area contributed by atoms with Gasteiger partial charge in [-0.2, -0.15) is 0 Å². The maximum absolute atomic E-state index is 5.34. The molecule has 0 spiro atoms. The highest BCUT2D eigenvalue weighted by Crippen LogP contribution is 2.20. The van der Waals surface area contributed by atoms with Crippen molar-refractivity contribution in [2.45, 2.75) is 32.9 Å². The van der Waals surface area contributed by atoms with E-state index >= 15 is 0 Å². The third-order valence-corrected chi connectivity index (χ3v) is 5.69. The summed E-state index contributed by atoms with van der Waals surface area (Å²) in [4.78, 5) is 15.8. The monoisotopic (exact) mass is 400 g/mol. The first-order chi connectivity index (χ1) is 13.5. The molecule has 0 aliphatic heterocycles. The Labute approximate surface area is 170 Å². The predicted molar refractivity (Wildman–Crippen MR) is 114 cm³/mol. The summed E-state index contributed by atoms with van der Waals surface area (Å²) in [6.07, 6.45) is 4.98. The van der Waals surface area contributed by atoms with Crippen molar-refractivity contribution in [2.24, 2.45) is 4.99 Å². The fourth-order valence-electron chi connectivity index (χ4n) is 3.01. The van der Waals surface area contributed by atoms with Crippen molar-refractivity contribution in [1.82, 2.24) is 24.6 Å². The van der Waals surface area contributed by atoms with Gasteiger partial charge in [0.25, 0.3) is 0 Å². The molecule has 3 rings (SSSR count). The van der Waals surface area contributed by atoms with Crippen LogP contribution >= 0.6 is 11.3 Å². The lowest BCUT2D eigenvalue weighted by molar-refractivity contribution is 0.119. The van der Waals surface area contributed by atoms with Crippen molar-refractivity contribution in [3.8, 4) is 0 Å². The highest BCUT2D eigenvalue weighted by Gasteiger charge is 2.13. The van der Waals surface area contributed by atoms with E-state index in [2.05, 4.69) is 49.2 Å². The summed E-state index contributed by atoms with van der Waals surface area (Å²) in [5.41, 5.74) is 4.29. The number of aryl methyl sites for hydroxylation is 1. The van der Waals surface area contributed by atoms with E-state index in [9.17, 15) is 0 Å². The number of ether oxygens (including phenoxy) is 1. The fourth-order valence-corrected chi connectivity index (χ4v) is 3.85. The quantitative estimate of drug-likeness (QED) is 0.488. The topological polar surface area (TPSA) is 67.0 Å². The van der Waals surface area contributed by atoms with E-state index in [1.807, 2.05) is 26.2 Å². The Morgan fingerprint density at radius 1 is 1.39 bits per heavy atom. The van der Waals surface area contributed by atoms with Crippen LogP contribution in [0.4, 0.5) is 0 Å². The summed E-state index contributed by atoms with van der Waals surface area (Å²) >= 11 is 1.63. The minimum absolute atomic E-state index is 0.0237. The average molecular weight is 401 g/mol. The molecule has 0 fully saturated rings. The number of guanidine groups is 1. The number of nitrogens with one attached hydrogen (secondary N) is 1. The van der Waals surface area contributed by atoms with E-state index in [4.69, 9.17) is 9.72 Å². The number of nitrogens with zero attached hydrogens (tertiary/aromatic N) is 5. The van der Waals surface area contributed by atoms with Crippen molar-refractivity contribution >= 4 is 22.9 Å². The van der Waals surface area contributed by atoms with Crippen molar-refractivity contribution in [1.29, 1.82) is 0 Å². The number of aromatic nitrogens is 3. The number of hydrogen-bond acceptors (Lipinski definition) is 5. The number of thiazole rings is 1. The zero-order valence-electron chi connectivity index (χ0n) is 17.1. The summed E-state index contributed by atoms with van der Waals surface area (Å²) < 4.78 is 7.41. The Morgan fingerprint density at radius 2 is 2.21 bits per heavy atom. The normalized spacial score (nSPS) is 13.1. The number of hydrogen-bond donors (Lipinski definition) is 1. The van der Waals surface area contributed by atoms with Gasteiger partial charge in [-0.3, -0.25) is 4.99 Å². The third kappa shape index (κ3) is 4.69. The van der Waals surface area contributed by atoms with E-state index in [0.29, 0.717) is 6.54 Å². The van der Waals surface area contributed by atoms with Gasteiger partial charge in [0.2, 0.25) is 0 Å². The third-order valence-electron chi connectivity index (χ3n) is 4.64. The van der Waals surface area contributed by atoms with Crippen molar-refractivity contribution in [3.05, 3.63) is 51.9 Å². The highest BCUT2D eigenvalue weighted by molar-refractivity contribution is 7.09. The van der Waals surface area contributed by atoms with Gasteiger partial charge in [0.1, 0.15) is 16.8 Å². The van der Waals surface area contributed by atoms with E-state index in [0.717, 1.165) is 41.0 Å². The fraction of sp³-hybridized carbons (Fsp3) is 0.450. The van der Waals surface area contributed by atoms with E-state index in [-0.39, 0.29) is 6.10 Å². The molecule has 0 bridgehead atoms. The molecule has 7 nitrogen and oxygen atoms in total. The molecule has 0 saturated heterocycles. The predicted octanol–water partition coefficient (Wildman–Crippen LogP) is 3.06. The molecular formula is C20H28N6OS. The lowest BCUT2D eigenvalue weighted by Gasteiger charge is -2.21. The first kappa shape index (κ1) is 20.3. The van der Waals surface area contributed by atoms with Crippen LogP contribution in [0, 0.1) is 6.92 Å². The number of pyridine rings is 1. The minimum atomic E-state index is 0.0237. The van der Waals surface area contributed by atoms with Crippen LogP contribution in [0.15, 0.2) is 34.9 Å².